The first kappa shape index (κ1) is 19.0. The van der Waals surface area contributed by atoms with Gasteiger partial charge in [-0.05, 0) is 31.0 Å². The number of hydrogen-bond donors (Lipinski definition) is 2. The van der Waals surface area contributed by atoms with E-state index in [1.54, 1.807) is 4.90 Å². The number of piperidine rings is 1. The van der Waals surface area contributed by atoms with E-state index in [9.17, 15) is 14.4 Å². The van der Waals surface area contributed by atoms with Crippen molar-refractivity contribution in [3.8, 4) is 0 Å². The minimum Gasteiger partial charge on any atom is -0.379 e. The molecule has 2 saturated heterocycles. The molecule has 0 saturated carbocycles. The summed E-state index contributed by atoms with van der Waals surface area (Å²) in [4.78, 5) is 40.6. The van der Waals surface area contributed by atoms with Gasteiger partial charge in [0.25, 0.3) is 5.91 Å². The lowest BCUT2D eigenvalue weighted by Crippen LogP contribution is -2.53. The first-order valence-corrected chi connectivity index (χ1v) is 9.70. The van der Waals surface area contributed by atoms with Crippen molar-refractivity contribution in [1.82, 2.24) is 15.1 Å². The third-order valence-corrected chi connectivity index (χ3v) is 6.32. The molecule has 0 bridgehead atoms. The lowest BCUT2D eigenvalue weighted by Gasteiger charge is -2.36. The van der Waals surface area contributed by atoms with Crippen LogP contribution in [0.15, 0.2) is 18.2 Å². The SMILES string of the molecule is CN(Cc1cccc2c1C(=O)N(C1CCC(=O)NC1=O)C2)C1(CN)CCOC1. The van der Waals surface area contributed by atoms with Gasteiger partial charge >= 0.3 is 0 Å². The number of amides is 3. The largest absolute Gasteiger partial charge is 0.379 e. The third kappa shape index (κ3) is 3.11. The fraction of sp³-hybridized carbons (Fsp3) is 0.550. The number of fused-ring (bicyclic) bond motifs is 1. The van der Waals surface area contributed by atoms with E-state index < -0.39 is 6.04 Å². The van der Waals surface area contributed by atoms with E-state index in [2.05, 4.69) is 10.2 Å². The molecule has 4 rings (SSSR count). The number of rotatable bonds is 5. The Balaban J connectivity index is 1.57. The molecule has 3 amide bonds. The highest BCUT2D eigenvalue weighted by Gasteiger charge is 2.41. The number of imide groups is 1. The molecule has 0 spiro atoms. The molecule has 0 aliphatic carbocycles. The third-order valence-electron chi connectivity index (χ3n) is 6.32. The van der Waals surface area contributed by atoms with Gasteiger partial charge in [-0.2, -0.15) is 0 Å². The molecule has 0 aromatic heterocycles. The predicted molar refractivity (Wildman–Crippen MR) is 101 cm³/mol. The zero-order chi connectivity index (χ0) is 19.9. The van der Waals surface area contributed by atoms with Crippen LogP contribution >= 0.6 is 0 Å². The molecule has 2 unspecified atom stereocenters. The van der Waals surface area contributed by atoms with Crippen molar-refractivity contribution in [2.75, 3.05) is 26.8 Å². The number of hydrogen-bond acceptors (Lipinski definition) is 6. The van der Waals surface area contributed by atoms with E-state index >= 15 is 0 Å². The van der Waals surface area contributed by atoms with Crippen molar-refractivity contribution >= 4 is 17.7 Å². The number of ether oxygens (including phenoxy) is 1. The number of nitrogens with zero attached hydrogens (tertiary/aromatic N) is 2. The van der Waals surface area contributed by atoms with Crippen molar-refractivity contribution in [1.29, 1.82) is 0 Å². The van der Waals surface area contributed by atoms with Crippen LogP contribution in [0, 0.1) is 0 Å². The number of carbonyl (C=O) groups excluding carboxylic acids is 3. The molecule has 2 atom stereocenters. The zero-order valence-electron chi connectivity index (χ0n) is 16.1. The topological polar surface area (TPSA) is 105 Å². The van der Waals surface area contributed by atoms with E-state index in [4.69, 9.17) is 10.5 Å². The van der Waals surface area contributed by atoms with E-state index in [0.717, 1.165) is 17.5 Å². The van der Waals surface area contributed by atoms with Gasteiger partial charge in [0.1, 0.15) is 6.04 Å². The van der Waals surface area contributed by atoms with Crippen LogP contribution in [0.1, 0.15) is 40.7 Å². The van der Waals surface area contributed by atoms with E-state index in [1.165, 1.54) is 0 Å². The second-order valence-electron chi connectivity index (χ2n) is 7.94. The van der Waals surface area contributed by atoms with Gasteiger partial charge in [-0.15, -0.1) is 0 Å². The van der Waals surface area contributed by atoms with Gasteiger partial charge in [0.2, 0.25) is 11.8 Å². The number of nitrogens with one attached hydrogen (secondary N) is 1. The average Bonchev–Trinajstić information content (AvgIpc) is 3.28. The highest BCUT2D eigenvalue weighted by atomic mass is 16.5. The van der Waals surface area contributed by atoms with Crippen molar-refractivity contribution in [2.24, 2.45) is 5.73 Å². The van der Waals surface area contributed by atoms with Crippen LogP contribution in [0.2, 0.25) is 0 Å². The first-order valence-electron chi connectivity index (χ1n) is 9.70. The Morgan fingerprint density at radius 1 is 1.36 bits per heavy atom. The second-order valence-corrected chi connectivity index (χ2v) is 7.94. The first-order chi connectivity index (χ1) is 13.4. The lowest BCUT2D eigenvalue weighted by molar-refractivity contribution is -0.136. The van der Waals surface area contributed by atoms with Crippen LogP contribution in [0.25, 0.3) is 0 Å². The summed E-state index contributed by atoms with van der Waals surface area (Å²) in [5.41, 5.74) is 8.35. The van der Waals surface area contributed by atoms with Crippen molar-refractivity contribution in [3.05, 3.63) is 34.9 Å². The Hall–Kier alpha value is -2.29. The van der Waals surface area contributed by atoms with Gasteiger partial charge in [0.15, 0.2) is 0 Å². The lowest BCUT2D eigenvalue weighted by atomic mass is 9.95. The Morgan fingerprint density at radius 3 is 2.86 bits per heavy atom. The molecule has 3 heterocycles. The molecule has 3 aliphatic heterocycles. The number of benzene rings is 1. The fourth-order valence-electron chi connectivity index (χ4n) is 4.46. The molecule has 1 aromatic carbocycles. The van der Waals surface area contributed by atoms with Gasteiger partial charge < -0.3 is 15.4 Å². The van der Waals surface area contributed by atoms with Gasteiger partial charge in [0, 0.05) is 38.2 Å². The van der Waals surface area contributed by atoms with E-state index in [-0.39, 0.29) is 29.7 Å². The van der Waals surface area contributed by atoms with E-state index in [1.807, 2.05) is 25.2 Å². The minimum absolute atomic E-state index is 0.141. The fourth-order valence-corrected chi connectivity index (χ4v) is 4.46. The Morgan fingerprint density at radius 2 is 2.18 bits per heavy atom. The molecule has 2 fully saturated rings. The normalized spacial score (nSPS) is 27.5. The van der Waals surface area contributed by atoms with Gasteiger partial charge in [-0.25, -0.2) is 0 Å². The standard InChI is InChI=1S/C20H26N4O4/c1-23(20(11-21)7-8-28-12-20)9-13-3-2-4-14-10-24(19(27)17(13)14)15-5-6-16(25)22-18(15)26/h2-4,15H,5-12,21H2,1H3,(H,22,25,26). The maximum atomic E-state index is 13.2. The summed E-state index contributed by atoms with van der Waals surface area (Å²) in [5.74, 6) is -0.808. The van der Waals surface area contributed by atoms with Gasteiger partial charge in [-0.3, -0.25) is 24.6 Å². The summed E-state index contributed by atoms with van der Waals surface area (Å²) < 4.78 is 5.57. The maximum absolute atomic E-state index is 13.2. The summed E-state index contributed by atoms with van der Waals surface area (Å²) >= 11 is 0. The van der Waals surface area contributed by atoms with Gasteiger partial charge in [-0.1, -0.05) is 18.2 Å². The summed E-state index contributed by atoms with van der Waals surface area (Å²) in [5, 5.41) is 2.34. The quantitative estimate of drug-likeness (QED) is 0.690. The Kier molecular flexibility index (Phi) is 4.95. The molecule has 0 radical (unpaired) electrons. The van der Waals surface area contributed by atoms with Crippen LogP contribution < -0.4 is 11.1 Å². The van der Waals surface area contributed by atoms with Crippen LogP contribution in [-0.4, -0.2) is 65.9 Å². The number of nitrogens with two attached hydrogens (primary N) is 1. The minimum atomic E-state index is -0.596. The van der Waals surface area contributed by atoms with Crippen molar-refractivity contribution in [2.45, 2.75) is 43.9 Å². The number of likely N-dealkylation sites (N-methyl/N-ethyl adjacent to an activating group) is 1. The molecule has 28 heavy (non-hydrogen) atoms. The predicted octanol–water partition coefficient (Wildman–Crippen LogP) is -0.00280. The molecular formula is C20H26N4O4. The van der Waals surface area contributed by atoms with Crippen LogP contribution in [0.5, 0.6) is 0 Å². The average molecular weight is 386 g/mol. The monoisotopic (exact) mass is 386 g/mol. The highest BCUT2D eigenvalue weighted by molar-refractivity contribution is 6.05. The molecule has 150 valence electrons. The van der Waals surface area contributed by atoms with Crippen LogP contribution in [0.4, 0.5) is 0 Å². The summed E-state index contributed by atoms with van der Waals surface area (Å²) in [7, 11) is 2.01. The molecule has 8 heteroatoms. The summed E-state index contributed by atoms with van der Waals surface area (Å²) in [6, 6.07) is 5.24. The van der Waals surface area contributed by atoms with E-state index in [0.29, 0.717) is 44.8 Å². The Labute approximate surface area is 164 Å². The molecule has 3 N–H and O–H groups in total. The highest BCUT2D eigenvalue weighted by Crippen LogP contribution is 2.32. The van der Waals surface area contributed by atoms with Gasteiger partial charge in [0.05, 0.1) is 12.1 Å². The molecule has 1 aromatic rings. The number of carbonyl (C=O) groups is 3. The van der Waals surface area contributed by atoms with Crippen LogP contribution in [-0.2, 0) is 27.4 Å². The summed E-state index contributed by atoms with van der Waals surface area (Å²) in [6.45, 7) is 2.75. The second kappa shape index (κ2) is 7.27. The summed E-state index contributed by atoms with van der Waals surface area (Å²) in [6.07, 6.45) is 1.49. The molecule has 3 aliphatic rings. The molecule has 8 nitrogen and oxygen atoms in total. The van der Waals surface area contributed by atoms with Crippen molar-refractivity contribution in [3.63, 3.8) is 0 Å². The van der Waals surface area contributed by atoms with Crippen LogP contribution in [0.3, 0.4) is 0 Å². The molecular weight excluding hydrogens is 360 g/mol. The smallest absolute Gasteiger partial charge is 0.255 e. The van der Waals surface area contributed by atoms with Crippen molar-refractivity contribution < 1.29 is 19.1 Å². The maximum Gasteiger partial charge on any atom is 0.255 e. The zero-order valence-corrected chi connectivity index (χ0v) is 16.1. The Bertz CT molecular complexity index is 818.